The Bertz CT molecular complexity index is 753. The molecule has 0 radical (unpaired) electrons. The maximum Gasteiger partial charge on any atom is 0.115 e. The van der Waals surface area contributed by atoms with E-state index in [9.17, 15) is 10.2 Å². The summed E-state index contributed by atoms with van der Waals surface area (Å²) in [6, 6.07) is 11.1. The lowest BCUT2D eigenvalue weighted by Crippen LogP contribution is -1.97. The summed E-state index contributed by atoms with van der Waals surface area (Å²) in [4.78, 5) is 0. The van der Waals surface area contributed by atoms with Crippen molar-refractivity contribution in [2.75, 3.05) is 0 Å². The van der Waals surface area contributed by atoms with Crippen LogP contribution in [0.5, 0.6) is 11.5 Å². The van der Waals surface area contributed by atoms with Gasteiger partial charge in [0.05, 0.1) is 25.4 Å². The molecule has 2 saturated carbocycles. The molecule has 2 aliphatic heterocycles. The lowest BCUT2D eigenvalue weighted by molar-refractivity contribution is 0.0505. The fourth-order valence-corrected chi connectivity index (χ4v) is 4.07. The summed E-state index contributed by atoms with van der Waals surface area (Å²) >= 11 is 0. The fraction of sp³-hybridized carbons (Fsp3) is 0.455. The molecule has 2 fully saturated rings. The first-order valence-electron chi connectivity index (χ1n) is 9.56. The van der Waals surface area contributed by atoms with Gasteiger partial charge >= 0.3 is 0 Å². The standard InChI is InChI=1S/2C11H12O2/c2*12-9-4-3-8-6-13-11(7-1-2-7)10(8)5-9/h2*3-5,7,11-12H,1-2,6H2. The van der Waals surface area contributed by atoms with Crippen LogP contribution < -0.4 is 0 Å². The Balaban J connectivity index is 0.000000115. The van der Waals surface area contributed by atoms with Crippen molar-refractivity contribution in [3.8, 4) is 11.5 Å². The molecule has 4 aliphatic rings. The lowest BCUT2D eigenvalue weighted by Gasteiger charge is -2.08. The summed E-state index contributed by atoms with van der Waals surface area (Å²) in [5.74, 6) is 2.14. The van der Waals surface area contributed by atoms with E-state index in [0.717, 1.165) is 13.2 Å². The number of rotatable bonds is 2. The highest BCUT2D eigenvalue weighted by molar-refractivity contribution is 5.39. The van der Waals surface area contributed by atoms with Crippen molar-refractivity contribution in [2.24, 2.45) is 11.8 Å². The third kappa shape index (κ3) is 3.08. The Labute approximate surface area is 153 Å². The van der Waals surface area contributed by atoms with E-state index in [1.54, 1.807) is 12.1 Å². The third-order valence-corrected chi connectivity index (χ3v) is 5.81. The minimum absolute atomic E-state index is 0.266. The van der Waals surface area contributed by atoms with Gasteiger partial charge < -0.3 is 19.7 Å². The first kappa shape index (κ1) is 16.2. The quantitative estimate of drug-likeness (QED) is 0.819. The van der Waals surface area contributed by atoms with Gasteiger partial charge in [0.25, 0.3) is 0 Å². The number of ether oxygens (including phenoxy) is 2. The molecule has 6 rings (SSSR count). The summed E-state index contributed by atoms with van der Waals surface area (Å²) in [5.41, 5.74) is 4.91. The van der Waals surface area contributed by atoms with E-state index in [-0.39, 0.29) is 12.2 Å². The highest BCUT2D eigenvalue weighted by Crippen LogP contribution is 2.49. The molecule has 0 spiro atoms. The Kier molecular flexibility index (Phi) is 3.91. The van der Waals surface area contributed by atoms with Crippen LogP contribution in [0.2, 0.25) is 0 Å². The Morgan fingerprint density at radius 2 is 1.08 bits per heavy atom. The van der Waals surface area contributed by atoms with Crippen LogP contribution >= 0.6 is 0 Å². The molecule has 26 heavy (non-hydrogen) atoms. The minimum Gasteiger partial charge on any atom is -0.508 e. The second kappa shape index (κ2) is 6.29. The molecule has 2 aromatic rings. The first-order valence-corrected chi connectivity index (χ1v) is 9.56. The van der Waals surface area contributed by atoms with Crippen molar-refractivity contribution < 1.29 is 19.7 Å². The summed E-state index contributed by atoms with van der Waals surface area (Å²) in [7, 11) is 0. The van der Waals surface area contributed by atoms with Crippen molar-refractivity contribution in [1.82, 2.24) is 0 Å². The molecule has 2 aliphatic carbocycles. The van der Waals surface area contributed by atoms with Crippen LogP contribution in [0.25, 0.3) is 0 Å². The smallest absolute Gasteiger partial charge is 0.115 e. The van der Waals surface area contributed by atoms with Crippen molar-refractivity contribution in [3.05, 3.63) is 58.7 Å². The summed E-state index contributed by atoms with van der Waals surface area (Å²) in [6.07, 6.45) is 5.64. The molecule has 136 valence electrons. The number of phenols is 2. The monoisotopic (exact) mass is 352 g/mol. The number of hydrogen-bond acceptors (Lipinski definition) is 4. The molecule has 2 heterocycles. The Morgan fingerprint density at radius 1 is 0.654 bits per heavy atom. The Hall–Kier alpha value is -2.04. The highest BCUT2D eigenvalue weighted by Gasteiger charge is 2.38. The first-order chi connectivity index (χ1) is 12.7. The highest BCUT2D eigenvalue weighted by atomic mass is 16.5. The van der Waals surface area contributed by atoms with Crippen LogP contribution in [0.1, 0.15) is 60.1 Å². The third-order valence-electron chi connectivity index (χ3n) is 5.81. The van der Waals surface area contributed by atoms with Crippen LogP contribution in [0, 0.1) is 11.8 Å². The SMILES string of the molecule is Oc1ccc2c(c1)C(C1CC1)OC2.Oc1ccc2c(c1)C(C1CC1)OC2. The molecule has 4 heteroatoms. The van der Waals surface area contributed by atoms with Crippen molar-refractivity contribution >= 4 is 0 Å². The molecule has 2 atom stereocenters. The average molecular weight is 352 g/mol. The van der Waals surface area contributed by atoms with E-state index in [4.69, 9.17) is 9.47 Å². The zero-order chi connectivity index (χ0) is 17.7. The van der Waals surface area contributed by atoms with Crippen molar-refractivity contribution in [3.63, 3.8) is 0 Å². The number of fused-ring (bicyclic) bond motifs is 2. The lowest BCUT2D eigenvalue weighted by atomic mass is 10.0. The van der Waals surface area contributed by atoms with Crippen molar-refractivity contribution in [1.29, 1.82) is 0 Å². The topological polar surface area (TPSA) is 58.9 Å². The molecule has 2 N–H and O–H groups in total. The maximum absolute atomic E-state index is 9.36. The zero-order valence-corrected chi connectivity index (χ0v) is 14.7. The molecule has 2 aromatic carbocycles. The van der Waals surface area contributed by atoms with Crippen LogP contribution in [-0.2, 0) is 22.7 Å². The van der Waals surface area contributed by atoms with Gasteiger partial charge in [-0.3, -0.25) is 0 Å². The van der Waals surface area contributed by atoms with Crippen LogP contribution in [-0.4, -0.2) is 10.2 Å². The largest absolute Gasteiger partial charge is 0.508 e. The Morgan fingerprint density at radius 3 is 1.46 bits per heavy atom. The van der Waals surface area contributed by atoms with E-state index >= 15 is 0 Å². The maximum atomic E-state index is 9.36. The molecule has 2 unspecified atom stereocenters. The van der Waals surface area contributed by atoms with Gasteiger partial charge in [-0.15, -0.1) is 0 Å². The molecule has 0 saturated heterocycles. The predicted molar refractivity (Wildman–Crippen MR) is 96.7 cm³/mol. The van der Waals surface area contributed by atoms with Gasteiger partial charge in [0, 0.05) is 0 Å². The second-order valence-corrected chi connectivity index (χ2v) is 7.90. The number of aromatic hydroxyl groups is 2. The predicted octanol–water partition coefficient (Wildman–Crippen LogP) is 4.75. The van der Waals surface area contributed by atoms with Gasteiger partial charge in [-0.05, 0) is 84.0 Å². The van der Waals surface area contributed by atoms with Gasteiger partial charge in [-0.25, -0.2) is 0 Å². The minimum atomic E-state index is 0.266. The van der Waals surface area contributed by atoms with Gasteiger partial charge in [-0.2, -0.15) is 0 Å². The van der Waals surface area contributed by atoms with E-state index in [1.165, 1.54) is 47.9 Å². The van der Waals surface area contributed by atoms with E-state index in [0.29, 0.717) is 23.3 Å². The molecule has 0 bridgehead atoms. The fourth-order valence-electron chi connectivity index (χ4n) is 4.07. The van der Waals surface area contributed by atoms with E-state index in [1.807, 2.05) is 24.3 Å². The number of hydrogen-bond donors (Lipinski definition) is 2. The summed E-state index contributed by atoms with van der Waals surface area (Å²) in [5, 5.41) is 18.7. The summed E-state index contributed by atoms with van der Waals surface area (Å²) < 4.78 is 11.4. The summed E-state index contributed by atoms with van der Waals surface area (Å²) in [6.45, 7) is 1.44. The number of benzene rings is 2. The average Bonchev–Trinajstić information content (AvgIpc) is 3.57. The normalized spacial score (nSPS) is 26.0. The van der Waals surface area contributed by atoms with Crippen LogP contribution in [0.15, 0.2) is 36.4 Å². The molecular weight excluding hydrogens is 328 g/mol. The zero-order valence-electron chi connectivity index (χ0n) is 14.7. The molecule has 4 nitrogen and oxygen atoms in total. The van der Waals surface area contributed by atoms with E-state index in [2.05, 4.69) is 0 Å². The van der Waals surface area contributed by atoms with Gasteiger partial charge in [0.2, 0.25) is 0 Å². The second-order valence-electron chi connectivity index (χ2n) is 7.90. The van der Waals surface area contributed by atoms with Crippen LogP contribution in [0.4, 0.5) is 0 Å². The van der Waals surface area contributed by atoms with Gasteiger partial charge in [-0.1, -0.05) is 12.1 Å². The van der Waals surface area contributed by atoms with Gasteiger partial charge in [0.1, 0.15) is 11.5 Å². The molecular formula is C22H24O4. The van der Waals surface area contributed by atoms with Gasteiger partial charge in [0.15, 0.2) is 0 Å². The molecule has 0 amide bonds. The van der Waals surface area contributed by atoms with E-state index < -0.39 is 0 Å². The van der Waals surface area contributed by atoms with Crippen molar-refractivity contribution in [2.45, 2.75) is 51.1 Å². The molecule has 0 aromatic heterocycles. The number of phenolic OH excluding ortho intramolecular Hbond substituents is 2. The van der Waals surface area contributed by atoms with Crippen LogP contribution in [0.3, 0.4) is 0 Å².